The summed E-state index contributed by atoms with van der Waals surface area (Å²) in [4.78, 5) is 19.2. The van der Waals surface area contributed by atoms with Gasteiger partial charge in [0.1, 0.15) is 4.88 Å². The van der Waals surface area contributed by atoms with E-state index in [2.05, 4.69) is 11.9 Å². The summed E-state index contributed by atoms with van der Waals surface area (Å²) in [6.07, 6.45) is 3.58. The number of likely N-dealkylation sites (tertiary alicyclic amines) is 1. The fourth-order valence-electron chi connectivity index (χ4n) is 2.23. The van der Waals surface area contributed by atoms with Gasteiger partial charge in [0.05, 0.1) is 11.2 Å². The van der Waals surface area contributed by atoms with Gasteiger partial charge >= 0.3 is 0 Å². The van der Waals surface area contributed by atoms with E-state index in [9.17, 15) is 4.79 Å². The molecule has 0 saturated carbocycles. The van der Waals surface area contributed by atoms with Crippen LogP contribution in [0.25, 0.3) is 0 Å². The molecular formula is C12H18N2OS. The molecule has 0 aromatic carbocycles. The van der Waals surface area contributed by atoms with Crippen molar-refractivity contribution >= 4 is 17.2 Å². The van der Waals surface area contributed by atoms with E-state index in [4.69, 9.17) is 0 Å². The number of rotatable bonds is 2. The SMILES string of the molecule is CCC1CCCN(C(=O)c2scnc2C)C1. The summed E-state index contributed by atoms with van der Waals surface area (Å²) in [6, 6.07) is 0. The van der Waals surface area contributed by atoms with Gasteiger partial charge in [0.25, 0.3) is 5.91 Å². The molecule has 0 spiro atoms. The number of aromatic nitrogens is 1. The summed E-state index contributed by atoms with van der Waals surface area (Å²) >= 11 is 1.46. The van der Waals surface area contributed by atoms with Crippen LogP contribution < -0.4 is 0 Å². The minimum Gasteiger partial charge on any atom is -0.338 e. The lowest BCUT2D eigenvalue weighted by molar-refractivity contribution is 0.0675. The molecule has 1 aliphatic heterocycles. The molecule has 1 amide bonds. The Bertz CT molecular complexity index is 375. The average molecular weight is 238 g/mol. The Kier molecular flexibility index (Phi) is 3.59. The zero-order chi connectivity index (χ0) is 11.5. The van der Waals surface area contributed by atoms with E-state index >= 15 is 0 Å². The molecule has 0 bridgehead atoms. The lowest BCUT2D eigenvalue weighted by Crippen LogP contribution is -2.39. The number of carbonyl (C=O) groups is 1. The molecule has 4 heteroatoms. The van der Waals surface area contributed by atoms with Crippen molar-refractivity contribution < 1.29 is 4.79 Å². The smallest absolute Gasteiger partial charge is 0.265 e. The van der Waals surface area contributed by atoms with Crippen molar-refractivity contribution in [1.82, 2.24) is 9.88 Å². The van der Waals surface area contributed by atoms with Crippen LogP contribution in [0.5, 0.6) is 0 Å². The van der Waals surface area contributed by atoms with Gasteiger partial charge < -0.3 is 4.90 Å². The summed E-state index contributed by atoms with van der Waals surface area (Å²) in [6.45, 7) is 5.95. The predicted octanol–water partition coefficient (Wildman–Crippen LogP) is 2.71. The first kappa shape index (κ1) is 11.6. The first-order valence-electron chi connectivity index (χ1n) is 5.91. The van der Waals surface area contributed by atoms with Gasteiger partial charge in [0.15, 0.2) is 0 Å². The van der Waals surface area contributed by atoms with Crippen LogP contribution in [0.1, 0.15) is 41.6 Å². The van der Waals surface area contributed by atoms with Crippen molar-refractivity contribution in [2.45, 2.75) is 33.1 Å². The minimum absolute atomic E-state index is 0.179. The fourth-order valence-corrected chi connectivity index (χ4v) is 3.00. The summed E-state index contributed by atoms with van der Waals surface area (Å²) in [7, 11) is 0. The molecular weight excluding hydrogens is 220 g/mol. The molecule has 1 fully saturated rings. The van der Waals surface area contributed by atoms with Crippen LogP contribution in [0, 0.1) is 12.8 Å². The summed E-state index contributed by atoms with van der Waals surface area (Å²) in [5.41, 5.74) is 2.62. The van der Waals surface area contributed by atoms with Crippen LogP contribution in [-0.4, -0.2) is 28.9 Å². The van der Waals surface area contributed by atoms with Gasteiger partial charge in [0.2, 0.25) is 0 Å². The Balaban J connectivity index is 2.07. The van der Waals surface area contributed by atoms with Crippen LogP contribution in [0.2, 0.25) is 0 Å². The molecule has 88 valence electrons. The van der Waals surface area contributed by atoms with Gasteiger partial charge in [-0.2, -0.15) is 0 Å². The third-order valence-electron chi connectivity index (χ3n) is 3.32. The zero-order valence-corrected chi connectivity index (χ0v) is 10.7. The van der Waals surface area contributed by atoms with Gasteiger partial charge in [-0.25, -0.2) is 4.98 Å². The maximum absolute atomic E-state index is 12.2. The average Bonchev–Trinajstić information content (AvgIpc) is 2.74. The highest BCUT2D eigenvalue weighted by molar-refractivity contribution is 7.11. The molecule has 2 rings (SSSR count). The lowest BCUT2D eigenvalue weighted by atomic mass is 9.95. The lowest BCUT2D eigenvalue weighted by Gasteiger charge is -2.32. The topological polar surface area (TPSA) is 33.2 Å². The van der Waals surface area contributed by atoms with Gasteiger partial charge in [0, 0.05) is 13.1 Å². The van der Waals surface area contributed by atoms with E-state index in [1.165, 1.54) is 24.2 Å². The highest BCUT2D eigenvalue weighted by Gasteiger charge is 2.25. The normalized spacial score (nSPS) is 21.1. The summed E-state index contributed by atoms with van der Waals surface area (Å²) in [5, 5.41) is 0. The number of hydrogen-bond donors (Lipinski definition) is 0. The molecule has 3 nitrogen and oxygen atoms in total. The molecule has 1 atom stereocenters. The molecule has 1 aliphatic rings. The quantitative estimate of drug-likeness (QED) is 0.793. The molecule has 16 heavy (non-hydrogen) atoms. The highest BCUT2D eigenvalue weighted by atomic mass is 32.1. The van der Waals surface area contributed by atoms with Crippen LogP contribution >= 0.6 is 11.3 Å². The molecule has 0 N–H and O–H groups in total. The third kappa shape index (κ3) is 2.26. The zero-order valence-electron chi connectivity index (χ0n) is 9.90. The number of thiazole rings is 1. The first-order chi connectivity index (χ1) is 7.72. The van der Waals surface area contributed by atoms with Crippen LogP contribution in [0.4, 0.5) is 0 Å². The van der Waals surface area contributed by atoms with Gasteiger partial charge in [-0.15, -0.1) is 11.3 Å². The minimum atomic E-state index is 0.179. The van der Waals surface area contributed by atoms with Crippen molar-refractivity contribution in [2.75, 3.05) is 13.1 Å². The maximum Gasteiger partial charge on any atom is 0.265 e. The van der Waals surface area contributed by atoms with E-state index in [-0.39, 0.29) is 5.91 Å². The third-order valence-corrected chi connectivity index (χ3v) is 4.24. The van der Waals surface area contributed by atoms with Crippen molar-refractivity contribution in [3.05, 3.63) is 16.1 Å². The van der Waals surface area contributed by atoms with Crippen molar-refractivity contribution in [2.24, 2.45) is 5.92 Å². The first-order valence-corrected chi connectivity index (χ1v) is 6.79. The second kappa shape index (κ2) is 4.95. The molecule has 0 aliphatic carbocycles. The number of hydrogen-bond acceptors (Lipinski definition) is 3. The predicted molar refractivity (Wildman–Crippen MR) is 65.8 cm³/mol. The summed E-state index contributed by atoms with van der Waals surface area (Å²) < 4.78 is 0. The van der Waals surface area contributed by atoms with Crippen LogP contribution in [0.3, 0.4) is 0 Å². The Morgan fingerprint density at radius 1 is 1.69 bits per heavy atom. The summed E-state index contributed by atoms with van der Waals surface area (Å²) in [5.74, 6) is 0.865. The van der Waals surface area contributed by atoms with E-state index in [0.29, 0.717) is 5.92 Å². The van der Waals surface area contributed by atoms with E-state index < -0.39 is 0 Å². The Labute approximate surface area is 100 Å². The Morgan fingerprint density at radius 2 is 2.50 bits per heavy atom. The maximum atomic E-state index is 12.2. The standard InChI is InChI=1S/C12H18N2OS/c1-3-10-5-4-6-14(7-10)12(15)11-9(2)13-8-16-11/h8,10H,3-7H2,1-2H3. The number of nitrogens with zero attached hydrogens (tertiary/aromatic N) is 2. The van der Waals surface area contributed by atoms with E-state index in [1.54, 1.807) is 5.51 Å². The van der Waals surface area contributed by atoms with Gasteiger partial charge in [-0.3, -0.25) is 4.79 Å². The monoisotopic (exact) mass is 238 g/mol. The number of carbonyl (C=O) groups excluding carboxylic acids is 1. The van der Waals surface area contributed by atoms with Gasteiger partial charge in [-0.1, -0.05) is 13.3 Å². The van der Waals surface area contributed by atoms with Gasteiger partial charge in [-0.05, 0) is 25.7 Å². The fraction of sp³-hybridized carbons (Fsp3) is 0.667. The second-order valence-corrected chi connectivity index (χ2v) is 5.29. The molecule has 1 unspecified atom stereocenters. The molecule has 1 aromatic rings. The second-order valence-electron chi connectivity index (χ2n) is 4.43. The molecule has 1 saturated heterocycles. The van der Waals surface area contributed by atoms with Crippen molar-refractivity contribution in [3.63, 3.8) is 0 Å². The van der Waals surface area contributed by atoms with Crippen LogP contribution in [-0.2, 0) is 0 Å². The van der Waals surface area contributed by atoms with Crippen molar-refractivity contribution in [3.8, 4) is 0 Å². The highest BCUT2D eigenvalue weighted by Crippen LogP contribution is 2.23. The number of amides is 1. The Hall–Kier alpha value is -0.900. The molecule has 0 radical (unpaired) electrons. The molecule has 1 aromatic heterocycles. The van der Waals surface area contributed by atoms with E-state index in [0.717, 1.165) is 30.1 Å². The molecule has 2 heterocycles. The number of piperidine rings is 1. The Morgan fingerprint density at radius 3 is 3.12 bits per heavy atom. The van der Waals surface area contributed by atoms with Crippen LogP contribution in [0.15, 0.2) is 5.51 Å². The number of aryl methyl sites for hydroxylation is 1. The van der Waals surface area contributed by atoms with E-state index in [1.807, 2.05) is 11.8 Å². The van der Waals surface area contributed by atoms with Crippen molar-refractivity contribution in [1.29, 1.82) is 0 Å². The largest absolute Gasteiger partial charge is 0.338 e.